The van der Waals surface area contributed by atoms with Gasteiger partial charge in [0.05, 0.1) is 30.6 Å². The minimum absolute atomic E-state index is 0.198. The predicted octanol–water partition coefficient (Wildman–Crippen LogP) is 5.41. The Hall–Kier alpha value is -4.66. The van der Waals surface area contributed by atoms with Crippen molar-refractivity contribution in [1.29, 1.82) is 0 Å². The Morgan fingerprint density at radius 3 is 2.59 bits per heavy atom. The van der Waals surface area contributed by atoms with Crippen LogP contribution in [0.2, 0.25) is 0 Å². The number of nitrogens with one attached hydrogen (secondary N) is 1. The van der Waals surface area contributed by atoms with E-state index in [4.69, 9.17) is 14.0 Å². The molecule has 0 saturated heterocycles. The number of aromatic nitrogens is 3. The Morgan fingerprint density at radius 1 is 1.05 bits per heavy atom. The van der Waals surface area contributed by atoms with Crippen LogP contribution in [-0.4, -0.2) is 34.0 Å². The van der Waals surface area contributed by atoms with Crippen LogP contribution in [0.15, 0.2) is 83.5 Å². The lowest BCUT2D eigenvalue weighted by Gasteiger charge is -2.26. The summed E-state index contributed by atoms with van der Waals surface area (Å²) in [7, 11) is 1.60. The van der Waals surface area contributed by atoms with Crippen LogP contribution in [-0.2, 0) is 0 Å². The number of benzene rings is 3. The molecule has 9 heteroatoms. The maximum atomic E-state index is 13.4. The topological polar surface area (TPSA) is 91.4 Å². The van der Waals surface area contributed by atoms with Gasteiger partial charge < -0.3 is 19.3 Å². The summed E-state index contributed by atoms with van der Waals surface area (Å²) >= 11 is 0. The number of ether oxygens (including phenoxy) is 2. The molecule has 0 radical (unpaired) electrons. The van der Waals surface area contributed by atoms with Crippen LogP contribution < -0.4 is 14.8 Å². The molecule has 0 bridgehead atoms. The Bertz CT molecular complexity index is 1540. The summed E-state index contributed by atoms with van der Waals surface area (Å²) in [4.78, 5) is 12.8. The fourth-order valence-corrected chi connectivity index (χ4v) is 4.13. The molecule has 5 aromatic rings. The van der Waals surface area contributed by atoms with Gasteiger partial charge in [0.25, 0.3) is 5.91 Å². The monoisotopic (exact) mass is 500 g/mol. The van der Waals surface area contributed by atoms with Crippen molar-refractivity contribution in [3.8, 4) is 17.2 Å². The third-order valence-corrected chi connectivity index (χ3v) is 5.97. The minimum atomic E-state index is -0.545. The zero-order valence-electron chi connectivity index (χ0n) is 20.5. The smallest absolute Gasteiger partial charge is 0.273 e. The lowest BCUT2D eigenvalue weighted by Crippen LogP contribution is -2.39. The van der Waals surface area contributed by atoms with E-state index < -0.39 is 12.1 Å². The normalized spacial score (nSPS) is 12.8. The summed E-state index contributed by atoms with van der Waals surface area (Å²) in [6, 6.07) is 20.4. The molecule has 0 aliphatic rings. The van der Waals surface area contributed by atoms with Crippen LogP contribution in [0.1, 0.15) is 34.8 Å². The summed E-state index contributed by atoms with van der Waals surface area (Å²) in [5.74, 6) is 1.15. The van der Waals surface area contributed by atoms with E-state index in [9.17, 15) is 9.18 Å². The van der Waals surface area contributed by atoms with E-state index in [2.05, 4.69) is 15.6 Å². The Kier molecular flexibility index (Phi) is 6.59. The molecule has 5 rings (SSSR count). The van der Waals surface area contributed by atoms with Crippen LogP contribution in [0, 0.1) is 12.7 Å². The molecular formula is C28H25FN4O4. The second-order valence-electron chi connectivity index (χ2n) is 8.65. The molecule has 0 fully saturated rings. The zero-order valence-corrected chi connectivity index (χ0v) is 20.5. The first-order chi connectivity index (χ1) is 17.9. The number of rotatable bonds is 8. The average Bonchev–Trinajstić information content (AvgIpc) is 3.54. The molecule has 3 aromatic carbocycles. The largest absolute Gasteiger partial charge is 0.497 e. The highest BCUT2D eigenvalue weighted by atomic mass is 19.1. The maximum absolute atomic E-state index is 13.4. The SMILES string of the molecule is COc1cccc(C(Oc2ccc3c(cnn3-c3ccc(F)cc3)c2)C(C)NC(=O)c2cc(C)on2)c1. The van der Waals surface area contributed by atoms with Crippen LogP contribution in [0.5, 0.6) is 11.5 Å². The van der Waals surface area contributed by atoms with Gasteiger partial charge in [0, 0.05) is 11.5 Å². The van der Waals surface area contributed by atoms with Crippen LogP contribution >= 0.6 is 0 Å². The van der Waals surface area contributed by atoms with Gasteiger partial charge >= 0.3 is 0 Å². The number of fused-ring (bicyclic) bond motifs is 1. The molecule has 2 unspecified atom stereocenters. The van der Waals surface area contributed by atoms with E-state index in [1.165, 1.54) is 12.1 Å². The van der Waals surface area contributed by atoms with Crippen LogP contribution in [0.25, 0.3) is 16.6 Å². The molecule has 0 aliphatic heterocycles. The average molecular weight is 501 g/mol. The highest BCUT2D eigenvalue weighted by Gasteiger charge is 2.25. The number of nitrogens with zero attached hydrogens (tertiary/aromatic N) is 3. The fourth-order valence-electron chi connectivity index (χ4n) is 4.13. The van der Waals surface area contributed by atoms with Crippen molar-refractivity contribution in [1.82, 2.24) is 20.3 Å². The third kappa shape index (κ3) is 5.16. The Balaban J connectivity index is 1.44. The highest BCUT2D eigenvalue weighted by Crippen LogP contribution is 2.30. The highest BCUT2D eigenvalue weighted by molar-refractivity contribution is 5.92. The van der Waals surface area contributed by atoms with E-state index >= 15 is 0 Å². The first-order valence-electron chi connectivity index (χ1n) is 11.7. The zero-order chi connectivity index (χ0) is 25.9. The van der Waals surface area contributed by atoms with Gasteiger partial charge in [0.2, 0.25) is 0 Å². The molecule has 2 atom stereocenters. The van der Waals surface area contributed by atoms with Crippen molar-refractivity contribution >= 4 is 16.8 Å². The molecule has 0 saturated carbocycles. The number of methoxy groups -OCH3 is 1. The van der Waals surface area contributed by atoms with Gasteiger partial charge in [-0.1, -0.05) is 17.3 Å². The molecule has 8 nitrogen and oxygen atoms in total. The van der Waals surface area contributed by atoms with Crippen LogP contribution in [0.4, 0.5) is 4.39 Å². The van der Waals surface area contributed by atoms with Crippen LogP contribution in [0.3, 0.4) is 0 Å². The first-order valence-corrected chi connectivity index (χ1v) is 11.7. The third-order valence-electron chi connectivity index (χ3n) is 5.97. The summed E-state index contributed by atoms with van der Waals surface area (Å²) in [6.45, 7) is 3.59. The van der Waals surface area contributed by atoms with E-state index in [1.807, 2.05) is 49.4 Å². The number of halogens is 1. The first kappa shape index (κ1) is 24.1. The maximum Gasteiger partial charge on any atom is 0.273 e. The number of carbonyl (C=O) groups excluding carboxylic acids is 1. The van der Waals surface area contributed by atoms with Gasteiger partial charge in [-0.25, -0.2) is 9.07 Å². The molecule has 2 aromatic heterocycles. The summed E-state index contributed by atoms with van der Waals surface area (Å²) in [5, 5.41) is 12.1. The molecule has 1 N–H and O–H groups in total. The second kappa shape index (κ2) is 10.1. The molecule has 0 spiro atoms. The van der Waals surface area contributed by atoms with Gasteiger partial charge in [-0.3, -0.25) is 4.79 Å². The summed E-state index contributed by atoms with van der Waals surface area (Å²) in [6.07, 6.45) is 1.18. The van der Waals surface area contributed by atoms with Gasteiger partial charge in [-0.05, 0) is 74.0 Å². The predicted molar refractivity (Wildman–Crippen MR) is 136 cm³/mol. The van der Waals surface area contributed by atoms with E-state index in [1.54, 1.807) is 43.1 Å². The quantitative estimate of drug-likeness (QED) is 0.306. The molecule has 188 valence electrons. The van der Waals surface area contributed by atoms with Crippen molar-refractivity contribution in [2.75, 3.05) is 7.11 Å². The molecule has 1 amide bonds. The van der Waals surface area contributed by atoms with Gasteiger partial charge in [0.15, 0.2) is 5.69 Å². The van der Waals surface area contributed by atoms with E-state index in [0.29, 0.717) is 17.3 Å². The van der Waals surface area contributed by atoms with Crippen molar-refractivity contribution in [2.24, 2.45) is 0 Å². The van der Waals surface area contributed by atoms with Crippen molar-refractivity contribution in [3.63, 3.8) is 0 Å². The van der Waals surface area contributed by atoms with Gasteiger partial charge in [-0.2, -0.15) is 5.10 Å². The van der Waals surface area contributed by atoms with Crippen molar-refractivity contribution < 1.29 is 23.2 Å². The Labute approximate surface area is 212 Å². The lowest BCUT2D eigenvalue weighted by atomic mass is 10.0. The van der Waals surface area contributed by atoms with Gasteiger partial charge in [0.1, 0.15) is 29.2 Å². The molecular weight excluding hydrogens is 475 g/mol. The van der Waals surface area contributed by atoms with Crippen molar-refractivity contribution in [3.05, 3.63) is 102 Å². The standard InChI is InChI=1S/C28H25FN4O4/c1-17-13-25(32-37-17)28(34)31-18(2)27(19-5-4-6-23(14-19)35-3)36-24-11-12-26-20(15-24)16-30-33(26)22-9-7-21(29)8-10-22/h4-16,18,27H,1-3H3,(H,31,34). The van der Waals surface area contributed by atoms with Gasteiger partial charge in [-0.15, -0.1) is 0 Å². The number of carbonyl (C=O) groups is 1. The summed E-state index contributed by atoms with van der Waals surface area (Å²) in [5.41, 5.74) is 2.62. The van der Waals surface area contributed by atoms with Crippen molar-refractivity contribution in [2.45, 2.75) is 26.0 Å². The molecule has 37 heavy (non-hydrogen) atoms. The summed E-state index contributed by atoms with van der Waals surface area (Å²) < 4.78 is 32.0. The lowest BCUT2D eigenvalue weighted by molar-refractivity contribution is 0.0873. The Morgan fingerprint density at radius 2 is 1.86 bits per heavy atom. The number of amides is 1. The van der Waals surface area contributed by atoms with E-state index in [0.717, 1.165) is 22.2 Å². The number of aryl methyl sites for hydroxylation is 1. The molecule has 0 aliphatic carbocycles. The number of hydrogen-bond donors (Lipinski definition) is 1. The molecule has 2 heterocycles. The minimum Gasteiger partial charge on any atom is -0.497 e. The second-order valence-corrected chi connectivity index (χ2v) is 8.65. The number of hydrogen-bond acceptors (Lipinski definition) is 6. The fraction of sp³-hybridized carbons (Fsp3) is 0.179. The van der Waals surface area contributed by atoms with E-state index in [-0.39, 0.29) is 17.4 Å².